The zero-order valence-electron chi connectivity index (χ0n) is 16.5. The van der Waals surface area contributed by atoms with Crippen molar-refractivity contribution >= 4 is 5.95 Å². The van der Waals surface area contributed by atoms with E-state index in [4.69, 9.17) is 14.2 Å². The monoisotopic (exact) mass is 399 g/mol. The molecule has 0 N–H and O–H groups in total. The van der Waals surface area contributed by atoms with Gasteiger partial charge in [0.05, 0.1) is 32.1 Å². The highest BCUT2D eigenvalue weighted by molar-refractivity contribution is 5.46. The number of aromatic nitrogens is 4. The standard InChI is InChI=1S/C20H22FN5O3/c1-13-8-14(21)4-6-17(13)29-16-10-25(11-16)20-24-23-18(12-27-2)26(20)15-5-7-19(28-3)22-9-15/h4-9,16H,10-12H2,1-3H3. The van der Waals surface area contributed by atoms with E-state index in [1.165, 1.54) is 12.1 Å². The van der Waals surface area contributed by atoms with Gasteiger partial charge in [0.2, 0.25) is 11.8 Å². The molecular weight excluding hydrogens is 377 g/mol. The molecule has 1 saturated heterocycles. The second-order valence-corrected chi connectivity index (χ2v) is 6.80. The summed E-state index contributed by atoms with van der Waals surface area (Å²) in [5, 5.41) is 8.61. The minimum atomic E-state index is -0.267. The van der Waals surface area contributed by atoms with Crippen LogP contribution in [0.4, 0.5) is 10.3 Å². The quantitative estimate of drug-likeness (QED) is 0.604. The maximum atomic E-state index is 13.3. The van der Waals surface area contributed by atoms with Gasteiger partial charge >= 0.3 is 0 Å². The summed E-state index contributed by atoms with van der Waals surface area (Å²) < 4.78 is 31.6. The van der Waals surface area contributed by atoms with Crippen LogP contribution in [0.5, 0.6) is 11.6 Å². The van der Waals surface area contributed by atoms with Crippen LogP contribution in [-0.4, -0.2) is 53.2 Å². The van der Waals surface area contributed by atoms with Crippen LogP contribution in [0.3, 0.4) is 0 Å². The van der Waals surface area contributed by atoms with E-state index in [9.17, 15) is 4.39 Å². The Bertz CT molecular complexity index is 986. The van der Waals surface area contributed by atoms with Crippen molar-refractivity contribution in [2.24, 2.45) is 0 Å². The van der Waals surface area contributed by atoms with Gasteiger partial charge in [-0.2, -0.15) is 0 Å². The van der Waals surface area contributed by atoms with E-state index in [1.54, 1.807) is 32.5 Å². The first-order valence-electron chi connectivity index (χ1n) is 9.20. The number of methoxy groups -OCH3 is 2. The number of nitrogens with zero attached hydrogens (tertiary/aromatic N) is 5. The number of hydrogen-bond donors (Lipinski definition) is 0. The first-order chi connectivity index (χ1) is 14.1. The molecule has 1 aliphatic rings. The van der Waals surface area contributed by atoms with Gasteiger partial charge in [-0.15, -0.1) is 10.2 Å². The van der Waals surface area contributed by atoms with E-state index in [1.807, 2.05) is 17.6 Å². The number of rotatable bonds is 7. The fourth-order valence-corrected chi connectivity index (χ4v) is 3.23. The minimum absolute atomic E-state index is 0.0100. The normalized spacial score (nSPS) is 14.0. The largest absolute Gasteiger partial charge is 0.486 e. The van der Waals surface area contributed by atoms with Gasteiger partial charge in [0.1, 0.15) is 24.3 Å². The lowest BCUT2D eigenvalue weighted by Crippen LogP contribution is -2.55. The van der Waals surface area contributed by atoms with Gasteiger partial charge in [-0.1, -0.05) is 0 Å². The Morgan fingerprint density at radius 3 is 2.62 bits per heavy atom. The van der Waals surface area contributed by atoms with Crippen LogP contribution in [0.1, 0.15) is 11.4 Å². The molecule has 0 amide bonds. The second-order valence-electron chi connectivity index (χ2n) is 6.80. The summed E-state index contributed by atoms with van der Waals surface area (Å²) in [6.07, 6.45) is 1.70. The van der Waals surface area contributed by atoms with E-state index in [0.717, 1.165) is 11.3 Å². The molecule has 152 valence electrons. The molecule has 29 heavy (non-hydrogen) atoms. The van der Waals surface area contributed by atoms with Crippen LogP contribution in [0.25, 0.3) is 5.69 Å². The molecule has 9 heteroatoms. The second kappa shape index (κ2) is 8.04. The van der Waals surface area contributed by atoms with Crippen LogP contribution in [0, 0.1) is 12.7 Å². The van der Waals surface area contributed by atoms with Crippen LogP contribution in [0.15, 0.2) is 36.5 Å². The molecular formula is C20H22FN5O3. The summed E-state index contributed by atoms with van der Waals surface area (Å²) in [6, 6.07) is 8.22. The molecule has 1 aliphatic heterocycles. The molecule has 0 spiro atoms. The lowest BCUT2D eigenvalue weighted by molar-refractivity contribution is 0.164. The van der Waals surface area contributed by atoms with Crippen LogP contribution in [0.2, 0.25) is 0 Å². The van der Waals surface area contributed by atoms with Gasteiger partial charge < -0.3 is 19.1 Å². The van der Waals surface area contributed by atoms with Gasteiger partial charge in [-0.3, -0.25) is 4.57 Å². The molecule has 8 nitrogen and oxygen atoms in total. The topological polar surface area (TPSA) is 74.5 Å². The zero-order chi connectivity index (χ0) is 20.4. The Hall–Kier alpha value is -3.20. The number of anilines is 1. The summed E-state index contributed by atoms with van der Waals surface area (Å²) in [5.74, 6) is 2.32. The number of ether oxygens (including phenoxy) is 3. The van der Waals surface area contributed by atoms with Crippen LogP contribution >= 0.6 is 0 Å². The number of aryl methyl sites for hydroxylation is 1. The fourth-order valence-electron chi connectivity index (χ4n) is 3.23. The van der Waals surface area contributed by atoms with Crippen molar-refractivity contribution in [3.63, 3.8) is 0 Å². The van der Waals surface area contributed by atoms with Gasteiger partial charge in [-0.05, 0) is 36.8 Å². The molecule has 3 aromatic rings. The minimum Gasteiger partial charge on any atom is -0.486 e. The van der Waals surface area contributed by atoms with Crippen molar-refractivity contribution in [2.75, 3.05) is 32.2 Å². The van der Waals surface area contributed by atoms with Gasteiger partial charge in [0.15, 0.2) is 5.82 Å². The average molecular weight is 399 g/mol. The van der Waals surface area contributed by atoms with Crippen molar-refractivity contribution in [3.8, 4) is 17.3 Å². The number of pyridine rings is 1. The Morgan fingerprint density at radius 1 is 1.14 bits per heavy atom. The zero-order valence-corrected chi connectivity index (χ0v) is 16.5. The molecule has 0 atom stereocenters. The maximum absolute atomic E-state index is 13.3. The molecule has 2 aromatic heterocycles. The van der Waals surface area contributed by atoms with Crippen molar-refractivity contribution in [1.29, 1.82) is 0 Å². The summed E-state index contributed by atoms with van der Waals surface area (Å²) >= 11 is 0. The van der Waals surface area contributed by atoms with E-state index in [2.05, 4.69) is 20.1 Å². The third-order valence-corrected chi connectivity index (χ3v) is 4.74. The van der Waals surface area contributed by atoms with E-state index < -0.39 is 0 Å². The summed E-state index contributed by atoms with van der Waals surface area (Å²) in [5.41, 5.74) is 1.59. The molecule has 0 radical (unpaired) electrons. The Kier molecular flexibility index (Phi) is 5.30. The number of halogens is 1. The Morgan fingerprint density at radius 2 is 1.97 bits per heavy atom. The maximum Gasteiger partial charge on any atom is 0.232 e. The molecule has 1 aromatic carbocycles. The van der Waals surface area contributed by atoms with Crippen molar-refractivity contribution < 1.29 is 18.6 Å². The molecule has 0 bridgehead atoms. The first-order valence-corrected chi connectivity index (χ1v) is 9.20. The average Bonchev–Trinajstić information content (AvgIpc) is 3.09. The van der Waals surface area contributed by atoms with Gasteiger partial charge in [0.25, 0.3) is 0 Å². The molecule has 3 heterocycles. The third kappa shape index (κ3) is 3.86. The van der Waals surface area contributed by atoms with Crippen molar-refractivity contribution in [3.05, 3.63) is 53.7 Å². The summed E-state index contributed by atoms with van der Waals surface area (Å²) in [4.78, 5) is 6.34. The number of hydrogen-bond acceptors (Lipinski definition) is 7. The molecule has 0 aliphatic carbocycles. The van der Waals surface area contributed by atoms with Crippen molar-refractivity contribution in [2.45, 2.75) is 19.6 Å². The highest BCUT2D eigenvalue weighted by atomic mass is 19.1. The first kappa shape index (κ1) is 19.1. The fraction of sp³-hybridized carbons (Fsp3) is 0.350. The SMILES string of the molecule is COCc1nnc(N2CC(Oc3ccc(F)cc3C)C2)n1-c1ccc(OC)nc1. The number of benzene rings is 1. The van der Waals surface area contributed by atoms with E-state index >= 15 is 0 Å². The Labute approximate surface area is 167 Å². The summed E-state index contributed by atoms with van der Waals surface area (Å²) in [7, 11) is 3.19. The van der Waals surface area contributed by atoms with Gasteiger partial charge in [-0.25, -0.2) is 9.37 Å². The smallest absolute Gasteiger partial charge is 0.232 e. The Balaban J connectivity index is 1.52. The van der Waals surface area contributed by atoms with Gasteiger partial charge in [0, 0.05) is 13.2 Å². The van der Waals surface area contributed by atoms with E-state index in [0.29, 0.717) is 43.1 Å². The third-order valence-electron chi connectivity index (χ3n) is 4.74. The highest BCUT2D eigenvalue weighted by Crippen LogP contribution is 2.28. The predicted octanol–water partition coefficient (Wildman–Crippen LogP) is 2.53. The lowest BCUT2D eigenvalue weighted by atomic mass is 10.1. The highest BCUT2D eigenvalue weighted by Gasteiger charge is 2.33. The molecule has 1 fully saturated rings. The van der Waals surface area contributed by atoms with Crippen LogP contribution in [-0.2, 0) is 11.3 Å². The molecule has 4 rings (SSSR count). The van der Waals surface area contributed by atoms with E-state index in [-0.39, 0.29) is 11.9 Å². The van der Waals surface area contributed by atoms with Crippen molar-refractivity contribution in [1.82, 2.24) is 19.7 Å². The predicted molar refractivity (Wildman–Crippen MR) is 104 cm³/mol. The molecule has 0 unspecified atom stereocenters. The van der Waals surface area contributed by atoms with Crippen LogP contribution < -0.4 is 14.4 Å². The summed E-state index contributed by atoms with van der Waals surface area (Å²) in [6.45, 7) is 3.44. The lowest BCUT2D eigenvalue weighted by Gasteiger charge is -2.39. The molecule has 0 saturated carbocycles.